The van der Waals surface area contributed by atoms with Crippen molar-refractivity contribution in [1.29, 1.82) is 0 Å². The van der Waals surface area contributed by atoms with Gasteiger partial charge in [-0.2, -0.15) is 0 Å². The fourth-order valence-electron chi connectivity index (χ4n) is 0.420. The van der Waals surface area contributed by atoms with E-state index in [9.17, 15) is 4.39 Å². The number of alkyl halides is 1. The summed E-state index contributed by atoms with van der Waals surface area (Å²) in [6.07, 6.45) is 4.86. The molecule has 2 heteroatoms. The zero-order valence-electron chi connectivity index (χ0n) is 4.74. The van der Waals surface area contributed by atoms with Crippen molar-refractivity contribution in [3.05, 3.63) is 12.4 Å². The topological polar surface area (TPSA) is 0 Å². The maximum absolute atomic E-state index is 11.2. The zero-order valence-corrected chi connectivity index (χ0v) is 5.49. The summed E-state index contributed by atoms with van der Waals surface area (Å²) >= 11 is 5.36. The van der Waals surface area contributed by atoms with Crippen LogP contribution in [-0.2, 0) is 0 Å². The average molecular weight is 137 g/mol. The molecule has 0 fully saturated rings. The Morgan fingerprint density at radius 1 is 1.38 bits per heavy atom. The fourth-order valence-corrected chi connectivity index (χ4v) is 0.609. The van der Waals surface area contributed by atoms with Gasteiger partial charge in [0.1, 0.15) is 0 Å². The lowest BCUT2D eigenvalue weighted by atomic mass is 10.2. The van der Waals surface area contributed by atoms with Gasteiger partial charge in [-0.1, -0.05) is 6.08 Å². The van der Waals surface area contributed by atoms with Crippen molar-refractivity contribution in [2.24, 2.45) is 0 Å². The van der Waals surface area contributed by atoms with Crippen LogP contribution in [0.5, 0.6) is 0 Å². The fraction of sp³-hybridized carbons (Fsp3) is 0.667. The Morgan fingerprint density at radius 2 is 2.12 bits per heavy atom. The molecule has 0 aromatic carbocycles. The normalized spacial score (nSPS) is 10.8. The maximum Gasteiger partial charge on any atom is 0.0827 e. The molecule has 0 N–H and O–H groups in total. The van der Waals surface area contributed by atoms with Crippen LogP contribution in [0.25, 0.3) is 0 Å². The molecule has 0 unspecified atom stereocenters. The molecule has 0 nitrogen and oxygen atoms in total. The van der Waals surface area contributed by atoms with E-state index in [2.05, 4.69) is 0 Å². The minimum atomic E-state index is 0.578. The van der Waals surface area contributed by atoms with Crippen LogP contribution in [-0.4, -0.2) is 5.88 Å². The van der Waals surface area contributed by atoms with Gasteiger partial charge in [-0.05, 0) is 19.3 Å². The first kappa shape index (κ1) is 7.96. The zero-order chi connectivity index (χ0) is 6.24. The van der Waals surface area contributed by atoms with Crippen molar-refractivity contribution in [2.45, 2.75) is 19.3 Å². The Morgan fingerprint density at radius 3 is 2.62 bits per heavy atom. The summed E-state index contributed by atoms with van der Waals surface area (Å²) < 4.78 is 11.2. The van der Waals surface area contributed by atoms with Gasteiger partial charge in [0.15, 0.2) is 0 Å². The highest BCUT2D eigenvalue weighted by Gasteiger charge is 1.80. The molecule has 0 heterocycles. The number of hydrogen-bond donors (Lipinski definition) is 0. The third kappa shape index (κ3) is 5.96. The smallest absolute Gasteiger partial charge is 0.0827 e. The highest BCUT2D eigenvalue weighted by atomic mass is 35.5. The highest BCUT2D eigenvalue weighted by Crippen LogP contribution is 1.97. The molecule has 0 aliphatic rings. The first-order chi connectivity index (χ1) is 3.91. The van der Waals surface area contributed by atoms with Gasteiger partial charge in [0.25, 0.3) is 0 Å². The lowest BCUT2D eigenvalue weighted by molar-refractivity contribution is 0.706. The molecule has 0 saturated heterocycles. The van der Waals surface area contributed by atoms with Crippen LogP contribution in [0.4, 0.5) is 4.39 Å². The summed E-state index contributed by atoms with van der Waals surface area (Å²) in [6.45, 7) is 0. The number of allylic oxidation sites excluding steroid dienone is 1. The van der Waals surface area contributed by atoms with Crippen LogP contribution in [0, 0.1) is 0 Å². The predicted molar refractivity (Wildman–Crippen MR) is 34.8 cm³/mol. The van der Waals surface area contributed by atoms with Crippen LogP contribution in [0.1, 0.15) is 19.3 Å². The van der Waals surface area contributed by atoms with Crippen LogP contribution < -0.4 is 0 Å². The molecule has 0 radical (unpaired) electrons. The molecule has 0 spiro atoms. The summed E-state index contributed by atoms with van der Waals surface area (Å²) in [4.78, 5) is 0. The first-order valence-electron chi connectivity index (χ1n) is 2.73. The second-order valence-electron chi connectivity index (χ2n) is 1.55. The van der Waals surface area contributed by atoms with E-state index < -0.39 is 0 Å². The SMILES string of the molecule is FC=CCCCCCl. The quantitative estimate of drug-likeness (QED) is 0.412. The van der Waals surface area contributed by atoms with Crippen LogP contribution in [0.2, 0.25) is 0 Å². The summed E-state index contributed by atoms with van der Waals surface area (Å²) in [5.41, 5.74) is 0. The summed E-state index contributed by atoms with van der Waals surface area (Å²) in [5, 5.41) is 0. The number of unbranched alkanes of at least 4 members (excludes halogenated alkanes) is 2. The van der Waals surface area contributed by atoms with Gasteiger partial charge in [-0.15, -0.1) is 11.6 Å². The summed E-state index contributed by atoms with van der Waals surface area (Å²) in [6, 6.07) is 0. The molecule has 8 heavy (non-hydrogen) atoms. The van der Waals surface area contributed by atoms with E-state index in [-0.39, 0.29) is 0 Å². The van der Waals surface area contributed by atoms with E-state index in [1.165, 1.54) is 6.08 Å². The number of rotatable bonds is 4. The Kier molecular flexibility index (Phi) is 6.93. The molecule has 0 aromatic rings. The lowest BCUT2D eigenvalue weighted by Gasteiger charge is -1.87. The van der Waals surface area contributed by atoms with Crippen LogP contribution in [0.15, 0.2) is 12.4 Å². The molecular weight excluding hydrogens is 127 g/mol. The van der Waals surface area contributed by atoms with Gasteiger partial charge in [0.05, 0.1) is 6.33 Å². The minimum absolute atomic E-state index is 0.578. The molecule has 0 saturated carbocycles. The third-order valence-electron chi connectivity index (χ3n) is 0.844. The van der Waals surface area contributed by atoms with E-state index in [0.717, 1.165) is 19.3 Å². The van der Waals surface area contributed by atoms with Crippen molar-refractivity contribution in [3.8, 4) is 0 Å². The average Bonchev–Trinajstić information content (AvgIpc) is 1.81. The van der Waals surface area contributed by atoms with Gasteiger partial charge < -0.3 is 0 Å². The van der Waals surface area contributed by atoms with Crippen molar-refractivity contribution < 1.29 is 4.39 Å². The highest BCUT2D eigenvalue weighted by molar-refractivity contribution is 6.17. The molecule has 0 rings (SSSR count). The Bertz CT molecular complexity index is 61.5. The van der Waals surface area contributed by atoms with E-state index in [4.69, 9.17) is 11.6 Å². The van der Waals surface area contributed by atoms with E-state index >= 15 is 0 Å². The molecule has 0 bridgehead atoms. The van der Waals surface area contributed by atoms with Crippen LogP contribution >= 0.6 is 11.6 Å². The second kappa shape index (κ2) is 6.96. The Hall–Kier alpha value is -0.0400. The van der Waals surface area contributed by atoms with Gasteiger partial charge in [-0.25, -0.2) is 4.39 Å². The van der Waals surface area contributed by atoms with Gasteiger partial charge in [0.2, 0.25) is 0 Å². The largest absolute Gasteiger partial charge is 0.216 e. The molecule has 0 amide bonds. The standard InChI is InChI=1S/C6H10ClF/c7-5-3-1-2-4-6-8/h4,6H,1-3,5H2. The lowest BCUT2D eigenvalue weighted by Crippen LogP contribution is -1.72. The molecule has 0 atom stereocenters. The molecule has 0 aromatic heterocycles. The van der Waals surface area contributed by atoms with Crippen molar-refractivity contribution in [3.63, 3.8) is 0 Å². The Balaban J connectivity index is 2.72. The van der Waals surface area contributed by atoms with E-state index in [1.807, 2.05) is 0 Å². The van der Waals surface area contributed by atoms with Crippen molar-refractivity contribution in [1.82, 2.24) is 0 Å². The molecule has 48 valence electrons. The third-order valence-corrected chi connectivity index (χ3v) is 1.11. The van der Waals surface area contributed by atoms with Crippen molar-refractivity contribution >= 4 is 11.6 Å². The summed E-state index contributed by atoms with van der Waals surface area (Å²) in [7, 11) is 0. The van der Waals surface area contributed by atoms with E-state index in [1.54, 1.807) is 0 Å². The summed E-state index contributed by atoms with van der Waals surface area (Å²) in [5.74, 6) is 0.681. The molecule has 0 aliphatic carbocycles. The minimum Gasteiger partial charge on any atom is -0.216 e. The monoisotopic (exact) mass is 136 g/mol. The molecule has 0 aliphatic heterocycles. The van der Waals surface area contributed by atoms with Crippen molar-refractivity contribution in [2.75, 3.05) is 5.88 Å². The van der Waals surface area contributed by atoms with Crippen LogP contribution in [0.3, 0.4) is 0 Å². The van der Waals surface area contributed by atoms with Gasteiger partial charge in [0, 0.05) is 5.88 Å². The predicted octanol–water partition coefficient (Wildman–Crippen LogP) is 2.88. The Labute approximate surface area is 54.3 Å². The van der Waals surface area contributed by atoms with E-state index in [0.29, 0.717) is 12.2 Å². The van der Waals surface area contributed by atoms with Gasteiger partial charge in [-0.3, -0.25) is 0 Å². The molecular formula is C6H10ClF. The van der Waals surface area contributed by atoms with Gasteiger partial charge >= 0.3 is 0 Å². The number of hydrogen-bond acceptors (Lipinski definition) is 0. The first-order valence-corrected chi connectivity index (χ1v) is 3.26. The maximum atomic E-state index is 11.2. The number of halogens is 2. The second-order valence-corrected chi connectivity index (χ2v) is 1.92.